The maximum atomic E-state index is 12.1. The number of ether oxygens (including phenoxy) is 1. The molecule has 1 heterocycles. The van der Waals surface area contributed by atoms with Crippen LogP contribution in [0.2, 0.25) is 0 Å². The molecule has 1 atom stereocenters. The highest BCUT2D eigenvalue weighted by molar-refractivity contribution is 5.77. The number of carbonyl (C=O) groups is 1. The first-order chi connectivity index (χ1) is 18.2. The van der Waals surface area contributed by atoms with Gasteiger partial charge in [0.15, 0.2) is 0 Å². The Kier molecular flexibility index (Phi) is 9.03. The van der Waals surface area contributed by atoms with Gasteiger partial charge in [0.25, 0.3) is 0 Å². The summed E-state index contributed by atoms with van der Waals surface area (Å²) in [5, 5.41) is 22.8. The highest BCUT2D eigenvalue weighted by atomic mass is 16.5. The standard InChI is InChI=1S/C33H41NO4/c1-32(2,3)31(36)38-29-18-16-25(17-19-29)30(35)15-10-22-34-23-20-28(21-24-34)33(37,26-11-6-4-7-12-26)27-13-8-5-9-14-27/h4-9,11-14,16-19,28,30,35,37H,10,15,20-24H2,1-3H3. The van der Waals surface area contributed by atoms with Crippen LogP contribution >= 0.6 is 0 Å². The third-order valence-corrected chi connectivity index (χ3v) is 7.65. The van der Waals surface area contributed by atoms with E-state index in [4.69, 9.17) is 4.74 Å². The van der Waals surface area contributed by atoms with Gasteiger partial charge in [0.2, 0.25) is 0 Å². The Bertz CT molecular complexity index is 1110. The molecule has 1 aliphatic heterocycles. The van der Waals surface area contributed by atoms with Gasteiger partial charge in [-0.25, -0.2) is 0 Å². The quantitative estimate of drug-likeness (QED) is 0.266. The van der Waals surface area contributed by atoms with Crippen molar-refractivity contribution in [3.05, 3.63) is 102 Å². The topological polar surface area (TPSA) is 70.0 Å². The van der Waals surface area contributed by atoms with Crippen LogP contribution in [-0.4, -0.2) is 40.7 Å². The Morgan fingerprint density at radius 2 is 1.42 bits per heavy atom. The average molecular weight is 516 g/mol. The molecule has 3 aromatic carbocycles. The Balaban J connectivity index is 1.28. The van der Waals surface area contributed by atoms with Gasteiger partial charge in [0, 0.05) is 0 Å². The molecule has 1 unspecified atom stereocenters. The molecule has 0 aliphatic carbocycles. The number of hydrogen-bond donors (Lipinski definition) is 2. The first-order valence-electron chi connectivity index (χ1n) is 13.7. The van der Waals surface area contributed by atoms with E-state index in [1.807, 2.05) is 93.6 Å². The van der Waals surface area contributed by atoms with Crippen molar-refractivity contribution in [1.82, 2.24) is 4.90 Å². The molecule has 38 heavy (non-hydrogen) atoms. The minimum atomic E-state index is -1.00. The summed E-state index contributed by atoms with van der Waals surface area (Å²) in [6, 6.07) is 27.2. The van der Waals surface area contributed by atoms with Crippen molar-refractivity contribution >= 4 is 5.97 Å². The number of carbonyl (C=O) groups excluding carboxylic acids is 1. The average Bonchev–Trinajstić information content (AvgIpc) is 2.94. The summed E-state index contributed by atoms with van der Waals surface area (Å²) in [6.07, 6.45) is 2.82. The summed E-state index contributed by atoms with van der Waals surface area (Å²) in [7, 11) is 0. The van der Waals surface area contributed by atoms with E-state index in [1.54, 1.807) is 12.1 Å². The molecule has 0 amide bonds. The van der Waals surface area contributed by atoms with E-state index < -0.39 is 17.1 Å². The van der Waals surface area contributed by atoms with Crippen LogP contribution in [0.5, 0.6) is 5.75 Å². The number of rotatable bonds is 9. The Morgan fingerprint density at radius 3 is 1.92 bits per heavy atom. The number of nitrogens with zero attached hydrogens (tertiary/aromatic N) is 1. The highest BCUT2D eigenvalue weighted by Crippen LogP contribution is 2.42. The van der Waals surface area contributed by atoms with Crippen LogP contribution in [0.1, 0.15) is 69.2 Å². The second kappa shape index (κ2) is 12.2. The number of aliphatic hydroxyl groups excluding tert-OH is 1. The maximum absolute atomic E-state index is 12.1. The third kappa shape index (κ3) is 6.71. The summed E-state index contributed by atoms with van der Waals surface area (Å²) in [5.74, 6) is 0.357. The smallest absolute Gasteiger partial charge is 0.316 e. The van der Waals surface area contributed by atoms with Gasteiger partial charge in [-0.1, -0.05) is 72.8 Å². The summed E-state index contributed by atoms with van der Waals surface area (Å²) < 4.78 is 5.42. The van der Waals surface area contributed by atoms with Crippen LogP contribution < -0.4 is 4.74 Å². The number of hydrogen-bond acceptors (Lipinski definition) is 5. The van der Waals surface area contributed by atoms with Crippen molar-refractivity contribution < 1.29 is 19.7 Å². The molecule has 3 aromatic rings. The van der Waals surface area contributed by atoms with Crippen molar-refractivity contribution in [1.29, 1.82) is 0 Å². The molecular weight excluding hydrogens is 474 g/mol. The van der Waals surface area contributed by atoms with Gasteiger partial charge in [-0.05, 0) is 101 Å². The molecule has 0 radical (unpaired) electrons. The fourth-order valence-electron chi connectivity index (χ4n) is 5.29. The van der Waals surface area contributed by atoms with Crippen molar-refractivity contribution in [3.63, 3.8) is 0 Å². The van der Waals surface area contributed by atoms with Crippen molar-refractivity contribution in [3.8, 4) is 5.75 Å². The lowest BCUT2D eigenvalue weighted by molar-refractivity contribution is -0.143. The third-order valence-electron chi connectivity index (χ3n) is 7.65. The van der Waals surface area contributed by atoms with E-state index in [-0.39, 0.29) is 11.9 Å². The molecule has 5 nitrogen and oxygen atoms in total. The molecule has 0 bridgehead atoms. The molecule has 1 saturated heterocycles. The van der Waals surface area contributed by atoms with Gasteiger partial charge in [-0.15, -0.1) is 0 Å². The zero-order valence-corrected chi connectivity index (χ0v) is 22.8. The lowest BCUT2D eigenvalue weighted by atomic mass is 9.72. The maximum Gasteiger partial charge on any atom is 0.316 e. The van der Waals surface area contributed by atoms with Crippen molar-refractivity contribution in [2.75, 3.05) is 19.6 Å². The Morgan fingerprint density at radius 1 is 0.895 bits per heavy atom. The second-order valence-corrected chi connectivity index (χ2v) is 11.5. The van der Waals surface area contributed by atoms with E-state index in [1.165, 1.54) is 0 Å². The molecule has 1 fully saturated rings. The number of benzene rings is 3. The van der Waals surface area contributed by atoms with Gasteiger partial charge >= 0.3 is 5.97 Å². The molecule has 202 valence electrons. The molecule has 0 spiro atoms. The number of aliphatic hydroxyl groups is 2. The molecule has 0 aromatic heterocycles. The first kappa shape index (κ1) is 28.0. The van der Waals surface area contributed by atoms with Gasteiger partial charge in [0.1, 0.15) is 11.4 Å². The second-order valence-electron chi connectivity index (χ2n) is 11.5. The van der Waals surface area contributed by atoms with Crippen LogP contribution in [0, 0.1) is 11.3 Å². The number of esters is 1. The largest absolute Gasteiger partial charge is 0.426 e. The molecular formula is C33H41NO4. The molecule has 2 N–H and O–H groups in total. The Labute approximate surface area is 227 Å². The predicted molar refractivity (Wildman–Crippen MR) is 151 cm³/mol. The minimum Gasteiger partial charge on any atom is -0.426 e. The van der Waals surface area contributed by atoms with E-state index in [0.717, 1.165) is 55.6 Å². The summed E-state index contributed by atoms with van der Waals surface area (Å²) in [4.78, 5) is 14.5. The summed E-state index contributed by atoms with van der Waals surface area (Å²) >= 11 is 0. The van der Waals surface area contributed by atoms with E-state index >= 15 is 0 Å². The van der Waals surface area contributed by atoms with Crippen LogP contribution in [0.4, 0.5) is 0 Å². The van der Waals surface area contributed by atoms with E-state index in [9.17, 15) is 15.0 Å². The van der Waals surface area contributed by atoms with Crippen molar-refractivity contribution in [2.45, 2.75) is 58.2 Å². The minimum absolute atomic E-state index is 0.139. The van der Waals surface area contributed by atoms with Gasteiger partial charge in [-0.3, -0.25) is 4.79 Å². The first-order valence-corrected chi connectivity index (χ1v) is 13.7. The lowest BCUT2D eigenvalue weighted by Crippen LogP contribution is -2.44. The SMILES string of the molecule is CC(C)(C)C(=O)Oc1ccc(C(O)CCCN2CCC(C(O)(c3ccccc3)c3ccccc3)CC2)cc1. The lowest BCUT2D eigenvalue weighted by Gasteiger charge is -2.42. The summed E-state index contributed by atoms with van der Waals surface area (Å²) in [6.45, 7) is 8.24. The van der Waals surface area contributed by atoms with Gasteiger partial charge < -0.3 is 19.8 Å². The molecule has 5 heteroatoms. The Hall–Kier alpha value is -2.99. The van der Waals surface area contributed by atoms with E-state index in [0.29, 0.717) is 12.2 Å². The zero-order chi connectivity index (χ0) is 27.2. The van der Waals surface area contributed by atoms with Gasteiger partial charge in [0.05, 0.1) is 11.5 Å². The van der Waals surface area contributed by atoms with Crippen LogP contribution in [0.3, 0.4) is 0 Å². The number of piperidine rings is 1. The van der Waals surface area contributed by atoms with Crippen LogP contribution in [0.15, 0.2) is 84.9 Å². The normalized spacial score (nSPS) is 16.2. The summed E-state index contributed by atoms with van der Waals surface area (Å²) in [5.41, 5.74) is 1.17. The van der Waals surface area contributed by atoms with Gasteiger partial charge in [-0.2, -0.15) is 0 Å². The molecule has 4 rings (SSSR count). The fraction of sp³-hybridized carbons (Fsp3) is 0.424. The van der Waals surface area contributed by atoms with Crippen LogP contribution in [0.25, 0.3) is 0 Å². The fourth-order valence-corrected chi connectivity index (χ4v) is 5.29. The zero-order valence-electron chi connectivity index (χ0n) is 22.8. The number of likely N-dealkylation sites (tertiary alicyclic amines) is 1. The monoisotopic (exact) mass is 515 g/mol. The molecule has 0 saturated carbocycles. The van der Waals surface area contributed by atoms with Crippen LogP contribution in [-0.2, 0) is 10.4 Å². The highest BCUT2D eigenvalue weighted by Gasteiger charge is 2.41. The van der Waals surface area contributed by atoms with E-state index in [2.05, 4.69) is 4.90 Å². The predicted octanol–water partition coefficient (Wildman–Crippen LogP) is 6.10. The molecule has 1 aliphatic rings. The van der Waals surface area contributed by atoms with Crippen molar-refractivity contribution in [2.24, 2.45) is 11.3 Å².